The smallest absolute Gasteiger partial charge is 0.119 e. The van der Waals surface area contributed by atoms with Crippen LogP contribution in [-0.4, -0.2) is 56.7 Å². The zero-order chi connectivity index (χ0) is 23.3. The maximum Gasteiger partial charge on any atom is 0.119 e. The SMILES string of the molecule is C=C(\C=C/C=N\C=C\c1ccc(OCCN2CCOCC2)cc1)c1ccc(OC(C)C)cc1. The summed E-state index contributed by atoms with van der Waals surface area (Å²) in [6.07, 6.45) is 9.49. The van der Waals surface area contributed by atoms with E-state index in [2.05, 4.69) is 16.5 Å². The molecule has 0 aliphatic carbocycles. The Morgan fingerprint density at radius 3 is 2.45 bits per heavy atom. The number of rotatable bonds is 11. The molecule has 0 radical (unpaired) electrons. The van der Waals surface area contributed by atoms with Crippen LogP contribution in [0, 0.1) is 0 Å². The number of benzene rings is 2. The quantitative estimate of drug-likeness (QED) is 0.338. The number of morpholine rings is 1. The van der Waals surface area contributed by atoms with Crippen molar-refractivity contribution < 1.29 is 14.2 Å². The van der Waals surface area contributed by atoms with Crippen molar-refractivity contribution in [3.05, 3.63) is 84.6 Å². The zero-order valence-electron chi connectivity index (χ0n) is 19.7. The Morgan fingerprint density at radius 2 is 1.76 bits per heavy atom. The molecule has 2 aromatic carbocycles. The van der Waals surface area contributed by atoms with E-state index in [1.165, 1.54) is 0 Å². The lowest BCUT2D eigenvalue weighted by atomic mass is 10.1. The van der Waals surface area contributed by atoms with Crippen LogP contribution in [0.1, 0.15) is 25.0 Å². The van der Waals surface area contributed by atoms with Crippen LogP contribution in [0.3, 0.4) is 0 Å². The first-order valence-electron chi connectivity index (χ1n) is 11.5. The molecule has 3 rings (SSSR count). The van der Waals surface area contributed by atoms with Crippen LogP contribution in [0.25, 0.3) is 11.6 Å². The highest BCUT2D eigenvalue weighted by atomic mass is 16.5. The number of ether oxygens (including phenoxy) is 3. The normalized spacial score (nSPS) is 15.1. The summed E-state index contributed by atoms with van der Waals surface area (Å²) >= 11 is 0. The van der Waals surface area contributed by atoms with Crippen LogP contribution < -0.4 is 9.47 Å². The van der Waals surface area contributed by atoms with Gasteiger partial charge in [0.2, 0.25) is 0 Å². The molecule has 0 spiro atoms. The Hall–Kier alpha value is -3.15. The summed E-state index contributed by atoms with van der Waals surface area (Å²) in [6, 6.07) is 16.0. The van der Waals surface area contributed by atoms with E-state index in [0.717, 1.165) is 61.0 Å². The van der Waals surface area contributed by atoms with Gasteiger partial charge in [-0.1, -0.05) is 36.9 Å². The summed E-state index contributed by atoms with van der Waals surface area (Å²) < 4.78 is 16.9. The van der Waals surface area contributed by atoms with E-state index in [1.54, 1.807) is 12.4 Å². The standard InChI is InChI=1S/C28H34N2O3/c1-23(2)33-28-12-8-26(9-13-28)24(3)5-4-15-29-16-14-25-6-10-27(11-7-25)32-22-19-30-17-20-31-21-18-30/h4-16,23H,3,17-22H2,1-2H3/b5-4-,16-14+,29-15-. The van der Waals surface area contributed by atoms with Gasteiger partial charge in [-0.2, -0.15) is 0 Å². The van der Waals surface area contributed by atoms with Crippen LogP contribution >= 0.6 is 0 Å². The fourth-order valence-electron chi connectivity index (χ4n) is 3.30. The molecule has 1 heterocycles. The van der Waals surface area contributed by atoms with Crippen molar-refractivity contribution in [2.24, 2.45) is 4.99 Å². The molecule has 0 saturated carbocycles. The molecule has 1 aliphatic heterocycles. The number of hydrogen-bond donors (Lipinski definition) is 0. The minimum atomic E-state index is 0.167. The van der Waals surface area contributed by atoms with Crippen molar-refractivity contribution in [1.82, 2.24) is 4.90 Å². The average Bonchev–Trinajstić information content (AvgIpc) is 2.83. The Bertz CT molecular complexity index is 938. The highest BCUT2D eigenvalue weighted by Gasteiger charge is 2.09. The Balaban J connectivity index is 1.38. The minimum absolute atomic E-state index is 0.167. The molecule has 1 fully saturated rings. The highest BCUT2D eigenvalue weighted by molar-refractivity contribution is 5.80. The van der Waals surface area contributed by atoms with E-state index in [-0.39, 0.29) is 6.10 Å². The lowest BCUT2D eigenvalue weighted by molar-refractivity contribution is 0.0322. The molecule has 1 aliphatic rings. The third kappa shape index (κ3) is 9.08. The predicted octanol–water partition coefficient (Wildman–Crippen LogP) is 5.50. The minimum Gasteiger partial charge on any atom is -0.492 e. The Labute approximate surface area is 197 Å². The summed E-state index contributed by atoms with van der Waals surface area (Å²) in [6.45, 7) is 13.4. The molecule has 0 unspecified atom stereocenters. The van der Waals surface area contributed by atoms with Crippen molar-refractivity contribution in [2.75, 3.05) is 39.5 Å². The first-order valence-corrected chi connectivity index (χ1v) is 11.5. The number of hydrogen-bond acceptors (Lipinski definition) is 5. The maximum atomic E-state index is 5.84. The largest absolute Gasteiger partial charge is 0.492 e. The first kappa shape index (κ1) is 24.5. The fraction of sp³-hybridized carbons (Fsp3) is 0.321. The van der Waals surface area contributed by atoms with Crippen LogP contribution in [-0.2, 0) is 4.74 Å². The van der Waals surface area contributed by atoms with Gasteiger partial charge in [0.1, 0.15) is 18.1 Å². The molecule has 5 heteroatoms. The molecular weight excluding hydrogens is 412 g/mol. The van der Waals surface area contributed by atoms with Gasteiger partial charge in [-0.05, 0) is 67.0 Å². The van der Waals surface area contributed by atoms with E-state index in [0.29, 0.717) is 6.61 Å². The molecule has 0 amide bonds. The second kappa shape index (κ2) is 13.4. The van der Waals surface area contributed by atoms with Crippen molar-refractivity contribution >= 4 is 17.9 Å². The highest BCUT2D eigenvalue weighted by Crippen LogP contribution is 2.19. The van der Waals surface area contributed by atoms with Crippen molar-refractivity contribution in [3.8, 4) is 11.5 Å². The first-order chi connectivity index (χ1) is 16.1. The van der Waals surface area contributed by atoms with Crippen molar-refractivity contribution in [1.29, 1.82) is 0 Å². The molecule has 1 saturated heterocycles. The third-order valence-electron chi connectivity index (χ3n) is 5.08. The zero-order valence-corrected chi connectivity index (χ0v) is 19.7. The molecule has 2 aromatic rings. The second-order valence-corrected chi connectivity index (χ2v) is 8.06. The van der Waals surface area contributed by atoms with Crippen molar-refractivity contribution in [3.63, 3.8) is 0 Å². The van der Waals surface area contributed by atoms with Gasteiger partial charge in [-0.3, -0.25) is 9.89 Å². The molecule has 0 aromatic heterocycles. The summed E-state index contributed by atoms with van der Waals surface area (Å²) in [5.41, 5.74) is 3.05. The molecule has 0 N–H and O–H groups in total. The summed E-state index contributed by atoms with van der Waals surface area (Å²) in [5, 5.41) is 0. The number of nitrogens with zero attached hydrogens (tertiary/aromatic N) is 2. The van der Waals surface area contributed by atoms with E-state index in [9.17, 15) is 0 Å². The van der Waals surface area contributed by atoms with E-state index in [1.807, 2.05) is 80.6 Å². The van der Waals surface area contributed by atoms with E-state index < -0.39 is 0 Å². The van der Waals surface area contributed by atoms with Gasteiger partial charge in [0, 0.05) is 32.0 Å². The number of allylic oxidation sites excluding steroid dienone is 3. The van der Waals surface area contributed by atoms with Gasteiger partial charge < -0.3 is 14.2 Å². The lowest BCUT2D eigenvalue weighted by Gasteiger charge is -2.26. The molecular formula is C28H34N2O3. The molecule has 174 valence electrons. The topological polar surface area (TPSA) is 43.3 Å². The monoisotopic (exact) mass is 446 g/mol. The maximum absolute atomic E-state index is 5.84. The van der Waals surface area contributed by atoms with E-state index >= 15 is 0 Å². The number of aliphatic imine (C=N–C) groups is 1. The van der Waals surface area contributed by atoms with Gasteiger partial charge >= 0.3 is 0 Å². The molecule has 33 heavy (non-hydrogen) atoms. The Kier molecular flexibility index (Phi) is 9.95. The van der Waals surface area contributed by atoms with Crippen LogP contribution in [0.2, 0.25) is 0 Å². The molecule has 5 nitrogen and oxygen atoms in total. The summed E-state index contributed by atoms with van der Waals surface area (Å²) in [4.78, 5) is 6.66. The van der Waals surface area contributed by atoms with Gasteiger partial charge in [-0.25, -0.2) is 0 Å². The Morgan fingerprint density at radius 1 is 1.06 bits per heavy atom. The van der Waals surface area contributed by atoms with Gasteiger partial charge in [-0.15, -0.1) is 0 Å². The lowest BCUT2D eigenvalue weighted by Crippen LogP contribution is -2.38. The fourth-order valence-corrected chi connectivity index (χ4v) is 3.30. The predicted molar refractivity (Wildman–Crippen MR) is 137 cm³/mol. The van der Waals surface area contributed by atoms with Gasteiger partial charge in [0.25, 0.3) is 0 Å². The second-order valence-electron chi connectivity index (χ2n) is 8.06. The summed E-state index contributed by atoms with van der Waals surface area (Å²) in [7, 11) is 0. The third-order valence-corrected chi connectivity index (χ3v) is 5.08. The average molecular weight is 447 g/mol. The van der Waals surface area contributed by atoms with Crippen LogP contribution in [0.4, 0.5) is 0 Å². The molecule has 0 bridgehead atoms. The van der Waals surface area contributed by atoms with Gasteiger partial charge in [0.15, 0.2) is 0 Å². The van der Waals surface area contributed by atoms with E-state index in [4.69, 9.17) is 14.2 Å². The van der Waals surface area contributed by atoms with Crippen LogP contribution in [0.15, 0.2) is 78.5 Å². The summed E-state index contributed by atoms with van der Waals surface area (Å²) in [5.74, 6) is 1.75. The molecule has 0 atom stereocenters. The van der Waals surface area contributed by atoms with Crippen LogP contribution in [0.5, 0.6) is 11.5 Å². The van der Waals surface area contributed by atoms with Crippen molar-refractivity contribution in [2.45, 2.75) is 20.0 Å². The van der Waals surface area contributed by atoms with Gasteiger partial charge in [0.05, 0.1) is 19.3 Å².